The van der Waals surface area contributed by atoms with Crippen LogP contribution in [-0.2, 0) is 10.0 Å². The monoisotopic (exact) mass is 348 g/mol. The fraction of sp³-hybridized carbons (Fsp3) is 0.188. The molecule has 1 N–H and O–H groups in total. The molecule has 0 saturated heterocycles. The summed E-state index contributed by atoms with van der Waals surface area (Å²) < 4.78 is 27.7. The second-order valence-electron chi connectivity index (χ2n) is 5.35. The van der Waals surface area contributed by atoms with Crippen LogP contribution in [0.4, 0.5) is 11.4 Å². The summed E-state index contributed by atoms with van der Waals surface area (Å²) in [5.74, 6) is -0.291. The molecule has 2 aromatic carbocycles. The number of nitro groups is 1. The molecule has 0 aliphatic carbocycles. The minimum absolute atomic E-state index is 0.133. The van der Waals surface area contributed by atoms with Gasteiger partial charge < -0.3 is 0 Å². The van der Waals surface area contributed by atoms with Crippen LogP contribution in [0.3, 0.4) is 0 Å². The molecule has 7 nitrogen and oxygen atoms in total. The summed E-state index contributed by atoms with van der Waals surface area (Å²) in [5.41, 5.74) is 0.950. The molecule has 0 radical (unpaired) electrons. The number of carbonyl (C=O) groups excluding carboxylic acids is 1. The first-order valence-electron chi connectivity index (χ1n) is 7.02. The van der Waals surface area contributed by atoms with Gasteiger partial charge >= 0.3 is 0 Å². The summed E-state index contributed by atoms with van der Waals surface area (Å²) in [6.07, 6.45) is 0. The summed E-state index contributed by atoms with van der Waals surface area (Å²) >= 11 is 0. The molecule has 8 heteroatoms. The van der Waals surface area contributed by atoms with Gasteiger partial charge in [0.05, 0.1) is 15.5 Å². The van der Waals surface area contributed by atoms with Crippen LogP contribution in [-0.4, -0.2) is 19.1 Å². The number of benzene rings is 2. The Morgan fingerprint density at radius 3 is 2.38 bits per heavy atom. The van der Waals surface area contributed by atoms with E-state index in [9.17, 15) is 23.3 Å². The highest BCUT2D eigenvalue weighted by atomic mass is 32.2. The van der Waals surface area contributed by atoms with Crippen molar-refractivity contribution in [3.63, 3.8) is 0 Å². The van der Waals surface area contributed by atoms with Gasteiger partial charge in [0.1, 0.15) is 0 Å². The number of anilines is 1. The zero-order chi connectivity index (χ0) is 18.1. The van der Waals surface area contributed by atoms with Crippen LogP contribution in [0.25, 0.3) is 0 Å². The van der Waals surface area contributed by atoms with Gasteiger partial charge in [-0.15, -0.1) is 0 Å². The summed E-state index contributed by atoms with van der Waals surface area (Å²) in [6, 6.07) is 8.52. The van der Waals surface area contributed by atoms with Gasteiger partial charge in [-0.05, 0) is 44.0 Å². The molecule has 2 aromatic rings. The molecule has 0 bridgehead atoms. The van der Waals surface area contributed by atoms with E-state index in [2.05, 4.69) is 4.72 Å². The summed E-state index contributed by atoms with van der Waals surface area (Å²) in [5, 5.41) is 11.0. The number of aryl methyl sites for hydroxylation is 1. The third-order valence-electron chi connectivity index (χ3n) is 3.66. The molecule has 0 saturated carbocycles. The lowest BCUT2D eigenvalue weighted by molar-refractivity contribution is -0.385. The zero-order valence-electron chi connectivity index (χ0n) is 13.4. The second kappa shape index (κ2) is 6.40. The van der Waals surface area contributed by atoms with Crippen molar-refractivity contribution >= 4 is 27.2 Å². The van der Waals surface area contributed by atoms with E-state index in [1.54, 1.807) is 26.0 Å². The average molecular weight is 348 g/mol. The van der Waals surface area contributed by atoms with Crippen molar-refractivity contribution in [2.24, 2.45) is 0 Å². The number of ketones is 1. The minimum Gasteiger partial charge on any atom is -0.294 e. The highest BCUT2D eigenvalue weighted by molar-refractivity contribution is 7.92. The van der Waals surface area contributed by atoms with Crippen LogP contribution < -0.4 is 4.72 Å². The second-order valence-corrected chi connectivity index (χ2v) is 7.00. The van der Waals surface area contributed by atoms with Gasteiger partial charge in [-0.1, -0.05) is 12.1 Å². The molecule has 0 atom stereocenters. The lowest BCUT2D eigenvalue weighted by Crippen LogP contribution is -2.17. The molecule has 0 spiro atoms. The number of nitro benzene ring substituents is 1. The Balaban J connectivity index is 2.57. The van der Waals surface area contributed by atoms with E-state index in [0.29, 0.717) is 11.1 Å². The molecular formula is C16H16N2O5S. The van der Waals surface area contributed by atoms with Gasteiger partial charge in [-0.2, -0.15) is 0 Å². The molecule has 0 aliphatic heterocycles. The maximum Gasteiger partial charge on any atom is 0.271 e. The van der Waals surface area contributed by atoms with Crippen molar-refractivity contribution in [1.82, 2.24) is 0 Å². The molecule has 0 heterocycles. The first-order valence-corrected chi connectivity index (χ1v) is 8.50. The van der Waals surface area contributed by atoms with Crippen LogP contribution in [0.2, 0.25) is 0 Å². The zero-order valence-corrected chi connectivity index (χ0v) is 14.2. The summed E-state index contributed by atoms with van der Waals surface area (Å²) in [4.78, 5) is 21.8. The number of rotatable bonds is 5. The Hall–Kier alpha value is -2.74. The van der Waals surface area contributed by atoms with E-state index in [4.69, 9.17) is 0 Å². The normalized spacial score (nSPS) is 11.1. The Morgan fingerprint density at radius 2 is 1.79 bits per heavy atom. The topological polar surface area (TPSA) is 106 Å². The molecule has 2 rings (SSSR count). The average Bonchev–Trinajstić information content (AvgIpc) is 2.49. The van der Waals surface area contributed by atoms with Gasteiger partial charge in [-0.3, -0.25) is 19.6 Å². The molecule has 0 fully saturated rings. The maximum atomic E-state index is 12.7. The number of non-ortho nitro benzene ring substituents is 1. The SMILES string of the molecule is CC(=O)c1ccccc1NS(=O)(=O)c1cc([N+](=O)[O-])cc(C)c1C. The van der Waals surface area contributed by atoms with Crippen molar-refractivity contribution in [3.05, 3.63) is 63.2 Å². The van der Waals surface area contributed by atoms with E-state index in [1.807, 2.05) is 0 Å². The number of carbonyl (C=O) groups is 1. The molecule has 0 unspecified atom stereocenters. The van der Waals surface area contributed by atoms with E-state index in [0.717, 1.165) is 6.07 Å². The molecule has 0 aliphatic rings. The van der Waals surface area contributed by atoms with Crippen molar-refractivity contribution in [2.45, 2.75) is 25.7 Å². The number of nitrogens with one attached hydrogen (secondary N) is 1. The standard InChI is InChI=1S/C16H16N2O5S/c1-10-8-13(18(20)21)9-16(11(10)2)24(22,23)17-15-7-5-4-6-14(15)12(3)19/h4-9,17H,1-3H3. The molecular weight excluding hydrogens is 332 g/mol. The van der Waals surface area contributed by atoms with Gasteiger partial charge in [0.2, 0.25) is 0 Å². The quantitative estimate of drug-likeness (QED) is 0.507. The predicted molar refractivity (Wildman–Crippen MR) is 89.8 cm³/mol. The Bertz CT molecular complexity index is 935. The number of sulfonamides is 1. The first kappa shape index (κ1) is 17.6. The first-order chi connectivity index (χ1) is 11.1. The van der Waals surface area contributed by atoms with E-state index in [1.165, 1.54) is 25.1 Å². The predicted octanol–water partition coefficient (Wildman–Crippen LogP) is 3.22. The van der Waals surface area contributed by atoms with Crippen LogP contribution in [0, 0.1) is 24.0 Å². The van der Waals surface area contributed by atoms with E-state index in [-0.39, 0.29) is 27.6 Å². The Morgan fingerprint density at radius 1 is 1.17 bits per heavy atom. The third-order valence-corrected chi connectivity index (χ3v) is 5.15. The van der Waals surface area contributed by atoms with Crippen molar-refractivity contribution in [2.75, 3.05) is 4.72 Å². The van der Waals surface area contributed by atoms with Crippen LogP contribution in [0.1, 0.15) is 28.4 Å². The Kier molecular flexibility index (Phi) is 4.70. The van der Waals surface area contributed by atoms with Gasteiger partial charge in [0, 0.05) is 17.7 Å². The van der Waals surface area contributed by atoms with Crippen molar-refractivity contribution in [3.8, 4) is 0 Å². The minimum atomic E-state index is -4.09. The largest absolute Gasteiger partial charge is 0.294 e. The number of para-hydroxylation sites is 1. The number of hydrogen-bond acceptors (Lipinski definition) is 5. The molecule has 24 heavy (non-hydrogen) atoms. The highest BCUT2D eigenvalue weighted by Gasteiger charge is 2.23. The molecule has 0 aromatic heterocycles. The number of Topliss-reactive ketones (excluding diaryl/α,β-unsaturated/α-hetero) is 1. The Labute approximate surface area is 139 Å². The van der Waals surface area contributed by atoms with Crippen LogP contribution in [0.15, 0.2) is 41.3 Å². The highest BCUT2D eigenvalue weighted by Crippen LogP contribution is 2.28. The van der Waals surface area contributed by atoms with Crippen molar-refractivity contribution < 1.29 is 18.1 Å². The lowest BCUT2D eigenvalue weighted by atomic mass is 10.1. The molecule has 0 amide bonds. The van der Waals surface area contributed by atoms with E-state index >= 15 is 0 Å². The lowest BCUT2D eigenvalue weighted by Gasteiger charge is -2.13. The van der Waals surface area contributed by atoms with Gasteiger partial charge in [0.15, 0.2) is 5.78 Å². The number of hydrogen-bond donors (Lipinski definition) is 1. The van der Waals surface area contributed by atoms with E-state index < -0.39 is 14.9 Å². The van der Waals surface area contributed by atoms with Crippen LogP contribution >= 0.6 is 0 Å². The smallest absolute Gasteiger partial charge is 0.271 e. The van der Waals surface area contributed by atoms with Crippen molar-refractivity contribution in [1.29, 1.82) is 0 Å². The third kappa shape index (κ3) is 3.43. The fourth-order valence-corrected chi connectivity index (χ4v) is 3.69. The van der Waals surface area contributed by atoms with Crippen LogP contribution in [0.5, 0.6) is 0 Å². The fourth-order valence-electron chi connectivity index (χ4n) is 2.27. The summed E-state index contributed by atoms with van der Waals surface area (Å²) in [7, 11) is -4.09. The van der Waals surface area contributed by atoms with Gasteiger partial charge in [0.25, 0.3) is 15.7 Å². The maximum absolute atomic E-state index is 12.7. The van der Waals surface area contributed by atoms with Gasteiger partial charge in [-0.25, -0.2) is 8.42 Å². The summed E-state index contributed by atoms with van der Waals surface area (Å²) in [6.45, 7) is 4.51. The number of nitrogens with zero attached hydrogens (tertiary/aromatic N) is 1. The molecule has 126 valence electrons.